The number of H-pyrrole nitrogens is 2. The Morgan fingerprint density at radius 3 is 2.67 bits per heavy atom. The number of fused-ring (bicyclic) bond motifs is 3. The van der Waals surface area contributed by atoms with Crippen molar-refractivity contribution < 1.29 is 14.3 Å². The Hall–Kier alpha value is -4.84. The van der Waals surface area contributed by atoms with Crippen molar-refractivity contribution in [2.45, 2.75) is 26.3 Å². The van der Waals surface area contributed by atoms with Gasteiger partial charge in [0.15, 0.2) is 17.4 Å². The van der Waals surface area contributed by atoms with E-state index in [4.69, 9.17) is 4.98 Å². The van der Waals surface area contributed by atoms with Crippen molar-refractivity contribution in [1.29, 1.82) is 0 Å². The van der Waals surface area contributed by atoms with Gasteiger partial charge >= 0.3 is 0 Å². The molecular weight excluding hydrogens is 573 g/mol. The van der Waals surface area contributed by atoms with Gasteiger partial charge < -0.3 is 24.8 Å². The number of phenols is 1. The summed E-state index contributed by atoms with van der Waals surface area (Å²) in [5, 5.41) is 18.3. The molecule has 0 spiro atoms. The summed E-state index contributed by atoms with van der Waals surface area (Å²) < 4.78 is 14.2. The molecule has 45 heavy (non-hydrogen) atoms. The number of benzene rings is 2. The van der Waals surface area contributed by atoms with Gasteiger partial charge in [0.1, 0.15) is 17.2 Å². The van der Waals surface area contributed by atoms with E-state index in [0.29, 0.717) is 55.0 Å². The van der Waals surface area contributed by atoms with Crippen LogP contribution in [0.3, 0.4) is 0 Å². The molecule has 2 aromatic carbocycles. The first-order valence-corrected chi connectivity index (χ1v) is 15.5. The fourth-order valence-corrected chi connectivity index (χ4v) is 7.28. The first-order chi connectivity index (χ1) is 21.8. The molecule has 3 aliphatic heterocycles. The van der Waals surface area contributed by atoms with Crippen LogP contribution in [0.1, 0.15) is 34.4 Å². The maximum Gasteiger partial charge on any atom is 0.274 e. The highest BCUT2D eigenvalue weighted by atomic mass is 19.1. The van der Waals surface area contributed by atoms with E-state index in [1.807, 2.05) is 25.1 Å². The fourth-order valence-electron chi connectivity index (χ4n) is 7.28. The van der Waals surface area contributed by atoms with Gasteiger partial charge in [-0.3, -0.25) is 9.89 Å². The Balaban J connectivity index is 0.983. The Morgan fingerprint density at radius 2 is 1.91 bits per heavy atom. The zero-order valence-electron chi connectivity index (χ0n) is 25.2. The molecule has 0 radical (unpaired) electrons. The summed E-state index contributed by atoms with van der Waals surface area (Å²) in [6, 6.07) is 8.65. The second-order valence-electron chi connectivity index (χ2n) is 12.5. The number of phenolic OH excluding ortho intramolecular Hbond substituents is 1. The molecule has 0 bridgehead atoms. The normalized spacial score (nSPS) is 19.8. The number of hydrogen-bond donors (Lipinski definition) is 3. The number of likely N-dealkylation sites (tertiary alicyclic amines) is 1. The molecule has 12 heteroatoms. The topological polar surface area (TPSA) is 130 Å². The summed E-state index contributed by atoms with van der Waals surface area (Å²) in [6.07, 6.45) is 4.61. The predicted octanol–water partition coefficient (Wildman–Crippen LogP) is 4.01. The first kappa shape index (κ1) is 27.7. The standard InChI is InChI=1S/C33H34FN9O2/c1-3-18-9-29(44)24(34)10-23(18)19-4-5-22-26(8-19)39-40-31(22)32-37-25-6-7-42(17-28(25)38-32)33(45)27-11-36-30(12-35-27)43-15-20-13-41(2)14-21(20)16-43/h4-5,8-12,20-21,44H,3,6-7,13-17H2,1-2H3,(H,37,38)(H,39,40). The summed E-state index contributed by atoms with van der Waals surface area (Å²) >= 11 is 0. The van der Waals surface area contributed by atoms with E-state index < -0.39 is 5.82 Å². The van der Waals surface area contributed by atoms with E-state index in [-0.39, 0.29) is 11.7 Å². The van der Waals surface area contributed by atoms with Crippen molar-refractivity contribution in [2.75, 3.05) is 44.7 Å². The van der Waals surface area contributed by atoms with Gasteiger partial charge in [-0.05, 0) is 66.3 Å². The van der Waals surface area contributed by atoms with Crippen molar-refractivity contribution in [2.24, 2.45) is 11.8 Å². The predicted molar refractivity (Wildman–Crippen MR) is 167 cm³/mol. The summed E-state index contributed by atoms with van der Waals surface area (Å²) in [5.74, 6) is 1.66. The molecule has 0 aliphatic carbocycles. The van der Waals surface area contributed by atoms with E-state index in [0.717, 1.165) is 71.0 Å². The maximum absolute atomic E-state index is 14.2. The monoisotopic (exact) mass is 607 g/mol. The minimum absolute atomic E-state index is 0.148. The third kappa shape index (κ3) is 4.80. The number of anilines is 1. The summed E-state index contributed by atoms with van der Waals surface area (Å²) in [5.41, 5.74) is 6.02. The number of rotatable bonds is 5. The minimum Gasteiger partial charge on any atom is -0.505 e. The number of halogens is 1. The molecule has 3 aliphatic rings. The van der Waals surface area contributed by atoms with Crippen LogP contribution in [0.2, 0.25) is 0 Å². The lowest BCUT2D eigenvalue weighted by Gasteiger charge is -2.26. The Kier molecular flexibility index (Phi) is 6.56. The number of nitrogens with one attached hydrogen (secondary N) is 2. The second-order valence-corrected chi connectivity index (χ2v) is 12.5. The molecule has 2 fully saturated rings. The number of carbonyl (C=O) groups is 1. The van der Waals surface area contributed by atoms with Crippen LogP contribution in [0.15, 0.2) is 42.7 Å². The van der Waals surface area contributed by atoms with Crippen LogP contribution >= 0.6 is 0 Å². The lowest BCUT2D eigenvalue weighted by atomic mass is 9.96. The number of aromatic nitrogens is 6. The summed E-state index contributed by atoms with van der Waals surface area (Å²) in [6.45, 7) is 7.12. The molecule has 5 aromatic rings. The molecule has 3 N–H and O–H groups in total. The quantitative estimate of drug-likeness (QED) is 0.273. The number of imidazole rings is 1. The van der Waals surface area contributed by atoms with Gasteiger partial charge in [0.25, 0.3) is 5.91 Å². The average Bonchev–Trinajstić information content (AvgIpc) is 3.83. The van der Waals surface area contributed by atoms with Gasteiger partial charge in [0, 0.05) is 44.5 Å². The average molecular weight is 608 g/mol. The third-order valence-electron chi connectivity index (χ3n) is 9.62. The maximum atomic E-state index is 14.2. The molecule has 0 saturated carbocycles. The van der Waals surface area contributed by atoms with Crippen molar-refractivity contribution in [3.05, 3.63) is 71.2 Å². The second kappa shape index (κ2) is 10.7. The van der Waals surface area contributed by atoms with Gasteiger partial charge in [0.2, 0.25) is 0 Å². The molecule has 2 unspecified atom stereocenters. The SMILES string of the molecule is CCc1cc(O)c(F)cc1-c1ccc2c(-c3nc4c([nH]3)CN(C(=O)c3cnc(N5CC6CN(C)CC6C5)cn3)CC4)n[nH]c2c1. The van der Waals surface area contributed by atoms with Crippen LogP contribution in [0.4, 0.5) is 10.2 Å². The van der Waals surface area contributed by atoms with Gasteiger partial charge in [-0.1, -0.05) is 13.0 Å². The van der Waals surface area contributed by atoms with E-state index in [9.17, 15) is 14.3 Å². The molecule has 8 rings (SSSR count). The van der Waals surface area contributed by atoms with Crippen LogP contribution in [0, 0.1) is 17.7 Å². The number of carbonyl (C=O) groups excluding carboxylic acids is 1. The summed E-state index contributed by atoms with van der Waals surface area (Å²) in [4.78, 5) is 37.2. The first-order valence-electron chi connectivity index (χ1n) is 15.5. The zero-order chi connectivity index (χ0) is 30.8. The Labute approximate surface area is 259 Å². The van der Waals surface area contributed by atoms with Crippen LogP contribution < -0.4 is 4.90 Å². The van der Waals surface area contributed by atoms with Gasteiger partial charge in [-0.25, -0.2) is 19.3 Å². The molecule has 230 valence electrons. The highest BCUT2D eigenvalue weighted by Crippen LogP contribution is 2.35. The van der Waals surface area contributed by atoms with Gasteiger partial charge in [-0.15, -0.1) is 0 Å². The van der Waals surface area contributed by atoms with Crippen molar-refractivity contribution >= 4 is 22.6 Å². The third-order valence-corrected chi connectivity index (χ3v) is 9.62. The Bertz CT molecular complexity index is 1920. The highest BCUT2D eigenvalue weighted by Gasteiger charge is 2.39. The highest BCUT2D eigenvalue weighted by molar-refractivity contribution is 5.94. The molecular formula is C33H34FN9O2. The van der Waals surface area contributed by atoms with Gasteiger partial charge in [-0.2, -0.15) is 5.10 Å². The summed E-state index contributed by atoms with van der Waals surface area (Å²) in [7, 11) is 2.18. The Morgan fingerprint density at radius 1 is 1.09 bits per heavy atom. The fraction of sp³-hybridized carbons (Fsp3) is 0.364. The molecule has 1 amide bonds. The van der Waals surface area contributed by atoms with Crippen molar-refractivity contribution in [3.8, 4) is 28.4 Å². The number of nitrogens with zero attached hydrogens (tertiary/aromatic N) is 7. The largest absolute Gasteiger partial charge is 0.505 e. The minimum atomic E-state index is -0.650. The number of amides is 1. The van der Waals surface area contributed by atoms with E-state index in [1.165, 1.54) is 12.1 Å². The van der Waals surface area contributed by atoms with Crippen LogP contribution in [-0.2, 0) is 19.4 Å². The van der Waals surface area contributed by atoms with Crippen molar-refractivity contribution in [3.63, 3.8) is 0 Å². The van der Waals surface area contributed by atoms with Crippen molar-refractivity contribution in [1.82, 2.24) is 39.9 Å². The van der Waals surface area contributed by atoms with E-state index in [2.05, 4.69) is 42.0 Å². The number of hydrogen-bond acceptors (Lipinski definition) is 8. The van der Waals surface area contributed by atoms with Crippen LogP contribution in [0.25, 0.3) is 33.5 Å². The number of aryl methyl sites for hydroxylation is 1. The lowest BCUT2D eigenvalue weighted by Crippen LogP contribution is -2.36. The molecule has 3 aromatic heterocycles. The van der Waals surface area contributed by atoms with Crippen LogP contribution in [-0.4, -0.2) is 90.7 Å². The van der Waals surface area contributed by atoms with E-state index >= 15 is 0 Å². The molecule has 11 nitrogen and oxygen atoms in total. The lowest BCUT2D eigenvalue weighted by molar-refractivity contribution is 0.0725. The number of aromatic hydroxyl groups is 1. The van der Waals surface area contributed by atoms with E-state index in [1.54, 1.807) is 17.3 Å². The zero-order valence-corrected chi connectivity index (χ0v) is 25.2. The molecule has 6 heterocycles. The molecule has 2 atom stereocenters. The smallest absolute Gasteiger partial charge is 0.274 e. The van der Waals surface area contributed by atoms with Crippen LogP contribution in [0.5, 0.6) is 5.75 Å². The number of aromatic amines is 2. The molecule has 2 saturated heterocycles. The van der Waals surface area contributed by atoms with Gasteiger partial charge in [0.05, 0.1) is 35.8 Å².